The van der Waals surface area contributed by atoms with Crippen LogP contribution in [0.25, 0.3) is 0 Å². The Balaban J connectivity index is 3.28. The average molecular weight is 314 g/mol. The van der Waals surface area contributed by atoms with E-state index in [0.717, 1.165) is 6.07 Å². The number of amides is 3. The van der Waals surface area contributed by atoms with Gasteiger partial charge in [-0.1, -0.05) is 0 Å². The fourth-order valence-corrected chi connectivity index (χ4v) is 3.20. The second kappa shape index (κ2) is 5.92. The number of primary amides is 1. The normalized spacial score (nSPS) is 11.0. The van der Waals surface area contributed by atoms with Crippen molar-refractivity contribution in [3.8, 4) is 0 Å². The van der Waals surface area contributed by atoms with E-state index < -0.39 is 33.5 Å². The van der Waals surface area contributed by atoms with Gasteiger partial charge in [-0.25, -0.2) is 18.0 Å². The number of carboxylic acids is 1. The number of carbonyl (C=O) groups is 3. The van der Waals surface area contributed by atoms with E-state index in [1.165, 1.54) is 13.0 Å². The van der Waals surface area contributed by atoms with Crippen LogP contribution in [-0.2, 0) is 14.6 Å². The quantitative estimate of drug-likeness (QED) is 0.712. The molecule has 0 radical (unpaired) electrons. The van der Waals surface area contributed by atoms with Gasteiger partial charge in [-0.2, -0.15) is 0 Å². The summed E-state index contributed by atoms with van der Waals surface area (Å²) in [6.45, 7) is 3.06. The Morgan fingerprint density at radius 2 is 1.81 bits per heavy atom. The number of nitrogens with one attached hydrogen (secondary N) is 1. The van der Waals surface area contributed by atoms with Gasteiger partial charge >= 0.3 is 12.0 Å². The Kier molecular flexibility index (Phi) is 4.69. The molecule has 0 aliphatic heterocycles. The summed E-state index contributed by atoms with van der Waals surface area (Å²) in [6, 6.07) is 1.15. The zero-order chi connectivity index (χ0) is 16.4. The largest absolute Gasteiger partial charge is 0.478 e. The summed E-state index contributed by atoms with van der Waals surface area (Å²) in [7, 11) is -4.10. The molecule has 3 amide bonds. The summed E-state index contributed by atoms with van der Waals surface area (Å²) in [4.78, 5) is 32.6. The first kappa shape index (κ1) is 16.6. The zero-order valence-electron chi connectivity index (χ0n) is 11.3. The van der Waals surface area contributed by atoms with Crippen molar-refractivity contribution in [1.29, 1.82) is 0 Å². The lowest BCUT2D eigenvalue weighted by molar-refractivity contribution is -0.117. The average Bonchev–Trinajstić information content (AvgIpc) is 2.29. The maximum Gasteiger partial charge on any atom is 0.335 e. The van der Waals surface area contributed by atoms with Gasteiger partial charge in [-0.05, 0) is 37.1 Å². The van der Waals surface area contributed by atoms with Crippen LogP contribution in [0.4, 0.5) is 4.79 Å². The third-order valence-electron chi connectivity index (χ3n) is 2.79. The van der Waals surface area contributed by atoms with Crippen LogP contribution in [0, 0.1) is 13.8 Å². The highest BCUT2D eigenvalue weighted by Crippen LogP contribution is 2.22. The van der Waals surface area contributed by atoms with Gasteiger partial charge in [0.15, 0.2) is 9.84 Å². The van der Waals surface area contributed by atoms with Crippen molar-refractivity contribution in [2.24, 2.45) is 5.73 Å². The first-order chi connectivity index (χ1) is 9.54. The van der Waals surface area contributed by atoms with Gasteiger partial charge in [0.1, 0.15) is 5.75 Å². The molecule has 0 aliphatic rings. The minimum absolute atomic E-state index is 0.202. The maximum absolute atomic E-state index is 12.2. The molecule has 0 heterocycles. The molecule has 0 saturated carbocycles. The highest BCUT2D eigenvalue weighted by Gasteiger charge is 2.24. The van der Waals surface area contributed by atoms with Crippen molar-refractivity contribution in [2.45, 2.75) is 18.7 Å². The molecule has 1 rings (SSSR count). The predicted octanol–water partition coefficient (Wildman–Crippen LogP) is -0.0298. The van der Waals surface area contributed by atoms with E-state index in [2.05, 4.69) is 0 Å². The molecular weight excluding hydrogens is 300 g/mol. The number of sulfone groups is 1. The number of carboxylic acid groups (broad SMARTS) is 1. The number of hydrogen-bond acceptors (Lipinski definition) is 5. The van der Waals surface area contributed by atoms with Crippen LogP contribution in [0.15, 0.2) is 17.0 Å². The molecule has 8 nitrogen and oxygen atoms in total. The number of aromatic carboxylic acids is 1. The highest BCUT2D eigenvalue weighted by molar-refractivity contribution is 7.92. The van der Waals surface area contributed by atoms with Crippen LogP contribution < -0.4 is 11.1 Å². The van der Waals surface area contributed by atoms with E-state index >= 15 is 0 Å². The van der Waals surface area contributed by atoms with Crippen molar-refractivity contribution in [1.82, 2.24) is 5.32 Å². The number of benzene rings is 1. The van der Waals surface area contributed by atoms with Gasteiger partial charge in [-0.3, -0.25) is 10.1 Å². The van der Waals surface area contributed by atoms with Crippen LogP contribution in [0.5, 0.6) is 0 Å². The Hall–Kier alpha value is -2.42. The Bertz CT molecular complexity index is 724. The van der Waals surface area contributed by atoms with E-state index in [1.807, 2.05) is 0 Å². The first-order valence-electron chi connectivity index (χ1n) is 5.71. The number of hydrogen-bond donors (Lipinski definition) is 3. The fraction of sp³-hybridized carbons (Fsp3) is 0.250. The first-order valence-corrected chi connectivity index (χ1v) is 7.36. The van der Waals surface area contributed by atoms with E-state index in [0.29, 0.717) is 11.1 Å². The fourth-order valence-electron chi connectivity index (χ4n) is 1.70. The molecule has 0 atom stereocenters. The minimum atomic E-state index is -4.10. The number of rotatable bonds is 4. The molecule has 0 spiro atoms. The molecule has 0 saturated heterocycles. The standard InChI is InChI=1S/C12H14N2O6S/c1-6-3-8(11(16)17)4-9(7(6)2)21(19,20)5-10(15)14-12(13)18/h3-4H,5H2,1-2H3,(H,16,17)(H3,13,14,15,18). The highest BCUT2D eigenvalue weighted by atomic mass is 32.2. The second-order valence-corrected chi connectivity index (χ2v) is 6.35. The lowest BCUT2D eigenvalue weighted by Gasteiger charge is -2.11. The summed E-state index contributed by atoms with van der Waals surface area (Å²) >= 11 is 0. The van der Waals surface area contributed by atoms with Crippen molar-refractivity contribution in [3.63, 3.8) is 0 Å². The molecule has 1 aromatic rings. The lowest BCUT2D eigenvalue weighted by atomic mass is 10.1. The summed E-state index contributed by atoms with van der Waals surface area (Å²) < 4.78 is 24.3. The lowest BCUT2D eigenvalue weighted by Crippen LogP contribution is -2.38. The Labute approximate surface area is 120 Å². The SMILES string of the molecule is Cc1cc(C(=O)O)cc(S(=O)(=O)CC(=O)NC(N)=O)c1C. The van der Waals surface area contributed by atoms with E-state index in [4.69, 9.17) is 10.8 Å². The summed E-state index contributed by atoms with van der Waals surface area (Å²) in [5.41, 5.74) is 5.33. The molecule has 21 heavy (non-hydrogen) atoms. The van der Waals surface area contributed by atoms with Crippen LogP contribution in [0.1, 0.15) is 21.5 Å². The van der Waals surface area contributed by atoms with Gasteiger partial charge in [-0.15, -0.1) is 0 Å². The smallest absolute Gasteiger partial charge is 0.335 e. The number of nitrogens with two attached hydrogens (primary N) is 1. The van der Waals surface area contributed by atoms with Crippen LogP contribution >= 0.6 is 0 Å². The zero-order valence-corrected chi connectivity index (χ0v) is 12.2. The van der Waals surface area contributed by atoms with Crippen LogP contribution in [0.3, 0.4) is 0 Å². The van der Waals surface area contributed by atoms with Crippen molar-refractivity contribution < 1.29 is 27.9 Å². The maximum atomic E-state index is 12.2. The van der Waals surface area contributed by atoms with Gasteiger partial charge in [0.05, 0.1) is 10.5 Å². The number of aryl methyl sites for hydroxylation is 1. The molecule has 0 aromatic heterocycles. The third-order valence-corrected chi connectivity index (χ3v) is 4.52. The van der Waals surface area contributed by atoms with Crippen molar-refractivity contribution in [3.05, 3.63) is 28.8 Å². The van der Waals surface area contributed by atoms with E-state index in [1.54, 1.807) is 12.2 Å². The Morgan fingerprint density at radius 1 is 1.24 bits per heavy atom. The molecule has 1 aromatic carbocycles. The second-order valence-electron chi connectivity index (χ2n) is 4.39. The van der Waals surface area contributed by atoms with Gasteiger partial charge in [0.2, 0.25) is 5.91 Å². The van der Waals surface area contributed by atoms with Crippen molar-refractivity contribution in [2.75, 3.05) is 5.75 Å². The van der Waals surface area contributed by atoms with Crippen LogP contribution in [0.2, 0.25) is 0 Å². The summed E-state index contributed by atoms with van der Waals surface area (Å²) in [5.74, 6) is -3.37. The molecule has 9 heteroatoms. The monoisotopic (exact) mass is 314 g/mol. The number of imide groups is 1. The predicted molar refractivity (Wildman–Crippen MR) is 72.7 cm³/mol. The summed E-state index contributed by atoms with van der Waals surface area (Å²) in [5, 5.41) is 10.6. The van der Waals surface area contributed by atoms with E-state index in [-0.39, 0.29) is 10.5 Å². The molecular formula is C12H14N2O6S. The molecule has 0 bridgehead atoms. The Morgan fingerprint density at radius 3 is 2.29 bits per heavy atom. The molecule has 0 unspecified atom stereocenters. The minimum Gasteiger partial charge on any atom is -0.478 e. The van der Waals surface area contributed by atoms with E-state index in [9.17, 15) is 22.8 Å². The number of urea groups is 1. The van der Waals surface area contributed by atoms with Gasteiger partial charge < -0.3 is 10.8 Å². The van der Waals surface area contributed by atoms with Crippen molar-refractivity contribution >= 4 is 27.7 Å². The van der Waals surface area contributed by atoms with Gasteiger partial charge in [0, 0.05) is 0 Å². The van der Waals surface area contributed by atoms with Gasteiger partial charge in [0.25, 0.3) is 0 Å². The topological polar surface area (TPSA) is 144 Å². The molecule has 0 fully saturated rings. The third kappa shape index (κ3) is 4.02. The summed E-state index contributed by atoms with van der Waals surface area (Å²) in [6.07, 6.45) is 0. The van der Waals surface area contributed by atoms with Crippen LogP contribution in [-0.4, -0.2) is 37.2 Å². The molecule has 114 valence electrons. The number of carbonyl (C=O) groups excluding carboxylic acids is 2. The molecule has 4 N–H and O–H groups in total. The molecule has 0 aliphatic carbocycles.